The van der Waals surface area contributed by atoms with Crippen LogP contribution in [0, 0.1) is 12.8 Å². The second kappa shape index (κ2) is 8.19. The molecule has 3 rings (SSSR count). The number of piperidine rings is 1. The van der Waals surface area contributed by atoms with E-state index >= 15 is 0 Å². The van der Waals surface area contributed by atoms with Gasteiger partial charge in [-0.05, 0) is 57.7 Å². The van der Waals surface area contributed by atoms with Crippen molar-refractivity contribution in [3.8, 4) is 5.75 Å². The molecule has 2 heterocycles. The van der Waals surface area contributed by atoms with Gasteiger partial charge in [-0.15, -0.1) is 0 Å². The van der Waals surface area contributed by atoms with Gasteiger partial charge in [0.1, 0.15) is 5.75 Å². The average Bonchev–Trinajstić information content (AvgIpc) is 3.13. The van der Waals surface area contributed by atoms with Gasteiger partial charge in [-0.1, -0.05) is 12.1 Å². The fraction of sp³-hybridized carbons (Fsp3) is 0.650. The maximum absolute atomic E-state index is 12.6. The first-order valence-electron chi connectivity index (χ1n) is 9.40. The summed E-state index contributed by atoms with van der Waals surface area (Å²) in [4.78, 5) is 12.6. The molecule has 0 saturated carbocycles. The Labute approximate surface area is 150 Å². The van der Waals surface area contributed by atoms with E-state index in [9.17, 15) is 4.79 Å². The molecule has 1 amide bonds. The number of amides is 1. The van der Waals surface area contributed by atoms with Crippen LogP contribution in [0.15, 0.2) is 18.2 Å². The maximum atomic E-state index is 12.6. The van der Waals surface area contributed by atoms with E-state index in [1.165, 1.54) is 0 Å². The van der Waals surface area contributed by atoms with Crippen molar-refractivity contribution in [3.63, 3.8) is 0 Å². The number of ether oxygens (including phenoxy) is 2. The molecule has 5 nitrogen and oxygen atoms in total. The van der Waals surface area contributed by atoms with Crippen molar-refractivity contribution in [1.82, 2.24) is 10.6 Å². The number of hydrogen-bond donors (Lipinski definition) is 2. The third-order valence-electron chi connectivity index (χ3n) is 5.28. The second-order valence-corrected chi connectivity index (χ2v) is 7.55. The minimum atomic E-state index is -0.453. The third kappa shape index (κ3) is 4.73. The normalized spacial score (nSPS) is 26.4. The molecule has 5 heteroatoms. The highest BCUT2D eigenvalue weighted by atomic mass is 16.5. The summed E-state index contributed by atoms with van der Waals surface area (Å²) in [5.41, 5.74) is 1.73. The van der Waals surface area contributed by atoms with Crippen LogP contribution in [0.2, 0.25) is 0 Å². The van der Waals surface area contributed by atoms with Crippen molar-refractivity contribution in [2.45, 2.75) is 51.6 Å². The van der Waals surface area contributed by atoms with Crippen molar-refractivity contribution in [3.05, 3.63) is 29.3 Å². The Morgan fingerprint density at radius 1 is 1.44 bits per heavy atom. The predicted molar refractivity (Wildman–Crippen MR) is 97.7 cm³/mol. The highest BCUT2D eigenvalue weighted by molar-refractivity contribution is 5.86. The number of benzene rings is 1. The maximum Gasteiger partial charge on any atom is 0.240 e. The van der Waals surface area contributed by atoms with Gasteiger partial charge in [0.2, 0.25) is 5.91 Å². The van der Waals surface area contributed by atoms with Gasteiger partial charge in [0.25, 0.3) is 0 Å². The van der Waals surface area contributed by atoms with Crippen molar-refractivity contribution >= 4 is 5.91 Å². The van der Waals surface area contributed by atoms with Crippen LogP contribution in [0.5, 0.6) is 5.75 Å². The third-order valence-corrected chi connectivity index (χ3v) is 5.28. The van der Waals surface area contributed by atoms with Crippen LogP contribution in [0.25, 0.3) is 0 Å². The first kappa shape index (κ1) is 18.2. The van der Waals surface area contributed by atoms with Gasteiger partial charge < -0.3 is 20.1 Å². The summed E-state index contributed by atoms with van der Waals surface area (Å²) in [5.74, 6) is 1.41. The Hall–Kier alpha value is -1.59. The average molecular weight is 346 g/mol. The van der Waals surface area contributed by atoms with Crippen LogP contribution in [0.3, 0.4) is 0 Å². The number of nitrogens with one attached hydrogen (secondary N) is 2. The summed E-state index contributed by atoms with van der Waals surface area (Å²) < 4.78 is 11.5. The van der Waals surface area contributed by atoms with Crippen molar-refractivity contribution in [1.29, 1.82) is 0 Å². The Morgan fingerprint density at radius 3 is 3.04 bits per heavy atom. The molecule has 2 aliphatic rings. The Morgan fingerprint density at radius 2 is 2.32 bits per heavy atom. The van der Waals surface area contributed by atoms with E-state index in [4.69, 9.17) is 9.47 Å². The van der Waals surface area contributed by atoms with Crippen LogP contribution in [0.4, 0.5) is 0 Å². The molecule has 0 aromatic heterocycles. The van der Waals surface area contributed by atoms with Gasteiger partial charge in [0.15, 0.2) is 0 Å². The van der Waals surface area contributed by atoms with Crippen LogP contribution < -0.4 is 15.4 Å². The monoisotopic (exact) mass is 346 g/mol. The lowest BCUT2D eigenvalue weighted by Gasteiger charge is -2.33. The predicted octanol–water partition coefficient (Wildman–Crippen LogP) is 2.56. The molecular formula is C20H30N2O3. The number of carbonyl (C=O) groups is 1. The van der Waals surface area contributed by atoms with Crippen molar-refractivity contribution < 1.29 is 14.3 Å². The Balaban J connectivity index is 1.60. The highest BCUT2D eigenvalue weighted by Crippen LogP contribution is 2.24. The van der Waals surface area contributed by atoms with Crippen molar-refractivity contribution in [2.75, 3.05) is 26.4 Å². The second-order valence-electron chi connectivity index (χ2n) is 7.55. The number of carbonyl (C=O) groups excluding carboxylic acids is 1. The van der Waals surface area contributed by atoms with Crippen LogP contribution in [-0.2, 0) is 16.1 Å². The molecule has 0 unspecified atom stereocenters. The molecule has 0 radical (unpaired) electrons. The summed E-state index contributed by atoms with van der Waals surface area (Å²) >= 11 is 0. The molecule has 138 valence electrons. The zero-order valence-electron chi connectivity index (χ0n) is 15.4. The van der Waals surface area contributed by atoms with Crippen molar-refractivity contribution in [2.24, 2.45) is 5.92 Å². The smallest absolute Gasteiger partial charge is 0.240 e. The lowest BCUT2D eigenvalue weighted by Crippen LogP contribution is -2.56. The van der Waals surface area contributed by atoms with E-state index in [-0.39, 0.29) is 5.91 Å². The Bertz CT molecular complexity index is 591. The van der Waals surface area contributed by atoms with Gasteiger partial charge in [0.05, 0.1) is 18.8 Å². The molecule has 2 saturated heterocycles. The van der Waals surface area contributed by atoms with Crippen LogP contribution in [-0.4, -0.2) is 37.8 Å². The molecule has 1 aromatic rings. The topological polar surface area (TPSA) is 59.6 Å². The first-order chi connectivity index (χ1) is 12.1. The fourth-order valence-electron chi connectivity index (χ4n) is 3.49. The first-order valence-corrected chi connectivity index (χ1v) is 9.40. The summed E-state index contributed by atoms with van der Waals surface area (Å²) in [7, 11) is 0. The quantitative estimate of drug-likeness (QED) is 0.831. The highest BCUT2D eigenvalue weighted by Gasteiger charge is 2.34. The minimum Gasteiger partial charge on any atom is -0.493 e. The molecule has 1 aromatic carbocycles. The van der Waals surface area contributed by atoms with Gasteiger partial charge in [-0.2, -0.15) is 0 Å². The zero-order valence-corrected chi connectivity index (χ0v) is 15.4. The van der Waals surface area contributed by atoms with E-state index < -0.39 is 5.54 Å². The van der Waals surface area contributed by atoms with E-state index in [1.54, 1.807) is 0 Å². The lowest BCUT2D eigenvalue weighted by molar-refractivity contribution is -0.128. The molecule has 2 atom stereocenters. The molecule has 0 bridgehead atoms. The molecule has 0 spiro atoms. The van der Waals surface area contributed by atoms with Gasteiger partial charge >= 0.3 is 0 Å². The van der Waals surface area contributed by atoms with Gasteiger partial charge in [0, 0.05) is 24.6 Å². The standard InChI is InChI=1S/C20H30N2O3/c1-15-5-6-17(18(11-15)25-14-16-7-10-24-13-16)12-21-19(23)20(2)8-3-4-9-22-20/h5-6,11,16,22H,3-4,7-10,12-14H2,1-2H3,(H,21,23)/t16-,20+/m1/s1. The summed E-state index contributed by atoms with van der Waals surface area (Å²) in [5, 5.41) is 6.45. The van der Waals surface area contributed by atoms with Gasteiger partial charge in [-0.3, -0.25) is 4.79 Å². The van der Waals surface area contributed by atoms with Gasteiger partial charge in [-0.25, -0.2) is 0 Å². The molecule has 0 aliphatic carbocycles. The number of aryl methyl sites for hydroxylation is 1. The number of hydrogen-bond acceptors (Lipinski definition) is 4. The van der Waals surface area contributed by atoms with Crippen LogP contribution in [0.1, 0.15) is 43.7 Å². The van der Waals surface area contributed by atoms with E-state index in [2.05, 4.69) is 29.7 Å². The van der Waals surface area contributed by atoms with E-state index in [0.717, 1.165) is 62.3 Å². The summed E-state index contributed by atoms with van der Waals surface area (Å²) in [6, 6.07) is 6.16. The molecule has 2 N–H and O–H groups in total. The fourth-order valence-corrected chi connectivity index (χ4v) is 3.49. The largest absolute Gasteiger partial charge is 0.493 e. The SMILES string of the molecule is Cc1ccc(CNC(=O)[C@]2(C)CCCCN2)c(OC[C@@H]2CCOC2)c1. The molecule has 25 heavy (non-hydrogen) atoms. The molecular weight excluding hydrogens is 316 g/mol. The van der Waals surface area contributed by atoms with Crippen LogP contribution >= 0.6 is 0 Å². The van der Waals surface area contributed by atoms with E-state index in [1.807, 2.05) is 13.0 Å². The number of rotatable bonds is 6. The molecule has 2 fully saturated rings. The lowest BCUT2D eigenvalue weighted by atomic mass is 9.90. The van der Waals surface area contributed by atoms with E-state index in [0.29, 0.717) is 19.1 Å². The Kier molecular flexibility index (Phi) is 5.97. The molecule has 2 aliphatic heterocycles. The minimum absolute atomic E-state index is 0.0721. The zero-order chi connectivity index (χ0) is 17.7. The summed E-state index contributed by atoms with van der Waals surface area (Å²) in [6.45, 7) is 7.73. The summed E-state index contributed by atoms with van der Waals surface area (Å²) in [6.07, 6.45) is 4.18.